The molecule has 0 atom stereocenters. The quantitative estimate of drug-likeness (QED) is 0.449. The van der Waals surface area contributed by atoms with E-state index in [2.05, 4.69) is 9.97 Å². The third kappa shape index (κ3) is 4.03. The molecular formula is C17H19N3O3S. The second kappa shape index (κ2) is 7.61. The molecule has 1 fully saturated rings. The van der Waals surface area contributed by atoms with Gasteiger partial charge in [-0.15, -0.1) is 0 Å². The maximum absolute atomic E-state index is 11.6. The van der Waals surface area contributed by atoms with Crippen molar-refractivity contribution >= 4 is 17.4 Å². The van der Waals surface area contributed by atoms with Crippen LogP contribution in [0.3, 0.4) is 0 Å². The fourth-order valence-corrected chi connectivity index (χ4v) is 3.58. The van der Waals surface area contributed by atoms with Gasteiger partial charge in [-0.25, -0.2) is 4.98 Å². The standard InChI is InChI=1S/C17H19N3O3S/c1-12-7-9-14(10-8-12)24-17-15(20(21)22)16(18-11-19-17)23-13-5-3-2-4-6-13/h7-11,13H,2-6H2,1H3. The minimum Gasteiger partial charge on any atom is -0.469 e. The molecule has 0 spiro atoms. The monoisotopic (exact) mass is 345 g/mol. The van der Waals surface area contributed by atoms with Crippen LogP contribution in [0.25, 0.3) is 0 Å². The first-order valence-electron chi connectivity index (χ1n) is 8.04. The molecule has 0 saturated heterocycles. The molecule has 0 amide bonds. The molecule has 7 heteroatoms. The summed E-state index contributed by atoms with van der Waals surface area (Å²) in [4.78, 5) is 20.1. The van der Waals surface area contributed by atoms with Gasteiger partial charge in [0.25, 0.3) is 5.88 Å². The largest absolute Gasteiger partial charge is 0.469 e. The molecule has 24 heavy (non-hydrogen) atoms. The van der Waals surface area contributed by atoms with Gasteiger partial charge in [0, 0.05) is 4.90 Å². The number of aryl methyl sites for hydroxylation is 1. The van der Waals surface area contributed by atoms with Crippen LogP contribution >= 0.6 is 11.8 Å². The third-order valence-corrected chi connectivity index (χ3v) is 5.00. The maximum Gasteiger partial charge on any atom is 0.363 e. The molecule has 0 bridgehead atoms. The Labute approximate surface area is 144 Å². The summed E-state index contributed by atoms with van der Waals surface area (Å²) in [6.45, 7) is 2.00. The number of benzene rings is 1. The van der Waals surface area contributed by atoms with Crippen LogP contribution < -0.4 is 4.74 Å². The predicted octanol–water partition coefficient (Wildman–Crippen LogP) is 4.56. The number of nitrogens with zero attached hydrogens (tertiary/aromatic N) is 3. The normalized spacial score (nSPS) is 15.2. The van der Waals surface area contributed by atoms with Gasteiger partial charge in [-0.05, 0) is 44.7 Å². The zero-order valence-electron chi connectivity index (χ0n) is 13.5. The van der Waals surface area contributed by atoms with E-state index in [-0.39, 0.29) is 17.7 Å². The molecule has 1 aliphatic rings. The van der Waals surface area contributed by atoms with E-state index in [4.69, 9.17) is 4.74 Å². The first kappa shape index (κ1) is 16.7. The van der Waals surface area contributed by atoms with E-state index in [0.717, 1.165) is 36.1 Å². The van der Waals surface area contributed by atoms with E-state index in [1.165, 1.54) is 24.5 Å². The molecule has 0 radical (unpaired) electrons. The molecule has 0 aliphatic heterocycles. The Bertz CT molecular complexity index is 716. The van der Waals surface area contributed by atoms with Gasteiger partial charge in [0.05, 0.1) is 4.92 Å². The van der Waals surface area contributed by atoms with Crippen molar-refractivity contribution in [1.29, 1.82) is 0 Å². The Balaban J connectivity index is 1.86. The number of ether oxygens (including phenoxy) is 1. The molecule has 1 aliphatic carbocycles. The lowest BCUT2D eigenvalue weighted by molar-refractivity contribution is -0.389. The predicted molar refractivity (Wildman–Crippen MR) is 91.5 cm³/mol. The smallest absolute Gasteiger partial charge is 0.363 e. The summed E-state index contributed by atoms with van der Waals surface area (Å²) in [5.41, 5.74) is 0.992. The second-order valence-corrected chi connectivity index (χ2v) is 6.94. The fourth-order valence-electron chi connectivity index (χ4n) is 2.72. The summed E-state index contributed by atoms with van der Waals surface area (Å²) in [7, 11) is 0. The number of rotatable bonds is 5. The zero-order chi connectivity index (χ0) is 16.9. The van der Waals surface area contributed by atoms with Crippen LogP contribution in [0.5, 0.6) is 5.88 Å². The lowest BCUT2D eigenvalue weighted by Crippen LogP contribution is -2.21. The van der Waals surface area contributed by atoms with Crippen molar-refractivity contribution in [2.75, 3.05) is 0 Å². The highest BCUT2D eigenvalue weighted by molar-refractivity contribution is 7.99. The maximum atomic E-state index is 11.6. The SMILES string of the molecule is Cc1ccc(Sc2ncnc(OC3CCCCC3)c2[N+](=O)[O-])cc1. The fraction of sp³-hybridized carbons (Fsp3) is 0.412. The molecule has 126 valence electrons. The zero-order valence-corrected chi connectivity index (χ0v) is 14.3. The van der Waals surface area contributed by atoms with E-state index in [1.807, 2.05) is 31.2 Å². The molecule has 0 N–H and O–H groups in total. The molecule has 1 aromatic heterocycles. The molecule has 0 unspecified atom stereocenters. The molecule has 2 aromatic rings. The molecule has 1 saturated carbocycles. The highest BCUT2D eigenvalue weighted by Crippen LogP contribution is 2.38. The highest BCUT2D eigenvalue weighted by atomic mass is 32.2. The van der Waals surface area contributed by atoms with E-state index >= 15 is 0 Å². The van der Waals surface area contributed by atoms with E-state index < -0.39 is 4.92 Å². The van der Waals surface area contributed by atoms with Crippen molar-refractivity contribution in [3.05, 3.63) is 46.3 Å². The van der Waals surface area contributed by atoms with Crippen LogP contribution in [0.1, 0.15) is 37.7 Å². The Kier molecular flexibility index (Phi) is 5.30. The Morgan fingerprint density at radius 3 is 2.54 bits per heavy atom. The summed E-state index contributed by atoms with van der Waals surface area (Å²) in [6.07, 6.45) is 6.55. The lowest BCUT2D eigenvalue weighted by atomic mass is 9.98. The summed E-state index contributed by atoms with van der Waals surface area (Å²) in [6, 6.07) is 7.78. The van der Waals surface area contributed by atoms with Crippen LogP contribution in [0.4, 0.5) is 5.69 Å². The van der Waals surface area contributed by atoms with E-state index in [9.17, 15) is 10.1 Å². The van der Waals surface area contributed by atoms with Crippen molar-refractivity contribution in [3.63, 3.8) is 0 Å². The number of nitro groups is 1. The van der Waals surface area contributed by atoms with Crippen molar-refractivity contribution < 1.29 is 9.66 Å². The van der Waals surface area contributed by atoms with Crippen LogP contribution in [0.2, 0.25) is 0 Å². The van der Waals surface area contributed by atoms with Crippen LogP contribution in [0, 0.1) is 17.0 Å². The van der Waals surface area contributed by atoms with Crippen molar-refractivity contribution in [1.82, 2.24) is 9.97 Å². The van der Waals surface area contributed by atoms with Gasteiger partial charge in [0.1, 0.15) is 12.4 Å². The molecule has 1 aromatic carbocycles. The second-order valence-electron chi connectivity index (χ2n) is 5.88. The first-order valence-corrected chi connectivity index (χ1v) is 8.85. The summed E-state index contributed by atoms with van der Waals surface area (Å²) >= 11 is 1.25. The van der Waals surface area contributed by atoms with Gasteiger partial charge in [-0.1, -0.05) is 35.9 Å². The van der Waals surface area contributed by atoms with Gasteiger partial charge in [-0.3, -0.25) is 10.1 Å². The van der Waals surface area contributed by atoms with Gasteiger partial charge in [0.2, 0.25) is 0 Å². The van der Waals surface area contributed by atoms with Crippen molar-refractivity contribution in [3.8, 4) is 5.88 Å². The Hall–Kier alpha value is -2.15. The topological polar surface area (TPSA) is 78.2 Å². The van der Waals surface area contributed by atoms with Gasteiger partial charge in [0.15, 0.2) is 5.03 Å². The van der Waals surface area contributed by atoms with Crippen molar-refractivity contribution in [2.24, 2.45) is 0 Å². The van der Waals surface area contributed by atoms with Crippen LogP contribution in [-0.4, -0.2) is 21.0 Å². The minimum atomic E-state index is -0.450. The van der Waals surface area contributed by atoms with Gasteiger partial charge < -0.3 is 4.74 Å². The number of aromatic nitrogens is 2. The lowest BCUT2D eigenvalue weighted by Gasteiger charge is -2.22. The first-order chi connectivity index (χ1) is 11.6. The van der Waals surface area contributed by atoms with Crippen LogP contribution in [0.15, 0.2) is 40.5 Å². The average molecular weight is 345 g/mol. The Morgan fingerprint density at radius 2 is 1.88 bits per heavy atom. The third-order valence-electron chi connectivity index (χ3n) is 4.00. The highest BCUT2D eigenvalue weighted by Gasteiger charge is 2.27. The van der Waals surface area contributed by atoms with Crippen molar-refractivity contribution in [2.45, 2.75) is 55.1 Å². The molecule has 3 rings (SSSR count). The summed E-state index contributed by atoms with van der Waals surface area (Å²) in [5, 5.41) is 11.9. The van der Waals surface area contributed by atoms with E-state index in [1.54, 1.807) is 0 Å². The van der Waals surface area contributed by atoms with Gasteiger partial charge in [-0.2, -0.15) is 4.98 Å². The number of hydrogen-bond acceptors (Lipinski definition) is 6. The van der Waals surface area contributed by atoms with Gasteiger partial charge >= 0.3 is 5.69 Å². The number of hydrogen-bond donors (Lipinski definition) is 0. The molecular weight excluding hydrogens is 326 g/mol. The minimum absolute atomic E-state index is 0.00424. The summed E-state index contributed by atoms with van der Waals surface area (Å²) < 4.78 is 5.84. The van der Waals surface area contributed by atoms with Crippen LogP contribution in [-0.2, 0) is 0 Å². The molecule has 1 heterocycles. The van der Waals surface area contributed by atoms with E-state index in [0.29, 0.717) is 5.03 Å². The summed E-state index contributed by atoms with van der Waals surface area (Å²) in [5.74, 6) is 0.0801. The Morgan fingerprint density at radius 1 is 1.17 bits per heavy atom. The average Bonchev–Trinajstić information content (AvgIpc) is 2.58. The molecule has 6 nitrogen and oxygen atoms in total.